The Bertz CT molecular complexity index is 1350. The Labute approximate surface area is 182 Å². The minimum atomic E-state index is -0.110. The summed E-state index contributed by atoms with van der Waals surface area (Å²) >= 11 is 2.97. The van der Waals surface area contributed by atoms with Crippen molar-refractivity contribution in [2.75, 3.05) is 0 Å². The third-order valence-electron chi connectivity index (χ3n) is 5.18. The van der Waals surface area contributed by atoms with Crippen LogP contribution in [0.4, 0.5) is 0 Å². The number of aryl methyl sites for hydroxylation is 2. The molecule has 30 heavy (non-hydrogen) atoms. The molecular weight excluding hydrogens is 416 g/mol. The van der Waals surface area contributed by atoms with Crippen molar-refractivity contribution in [3.8, 4) is 0 Å². The van der Waals surface area contributed by atoms with Crippen LogP contribution in [-0.4, -0.2) is 19.5 Å². The predicted molar refractivity (Wildman–Crippen MR) is 125 cm³/mol. The van der Waals surface area contributed by atoms with Gasteiger partial charge in [-0.2, -0.15) is 0 Å². The van der Waals surface area contributed by atoms with Crippen LogP contribution in [0.1, 0.15) is 36.5 Å². The van der Waals surface area contributed by atoms with Crippen molar-refractivity contribution in [3.05, 3.63) is 61.2 Å². The number of nitrogens with zero attached hydrogens (tertiary/aromatic N) is 3. The number of H-pyrrole nitrogens is 1. The number of fused-ring (bicyclic) bond motifs is 2. The molecule has 0 bridgehead atoms. The summed E-state index contributed by atoms with van der Waals surface area (Å²) in [5.74, 6) is 1.51. The van der Waals surface area contributed by atoms with Gasteiger partial charge >= 0.3 is 0 Å². The van der Waals surface area contributed by atoms with Gasteiger partial charge in [0.05, 0.1) is 22.0 Å². The predicted octanol–water partition coefficient (Wildman–Crippen LogP) is 4.65. The lowest BCUT2D eigenvalue weighted by Gasteiger charge is -2.14. The van der Waals surface area contributed by atoms with Crippen molar-refractivity contribution in [3.63, 3.8) is 0 Å². The maximum atomic E-state index is 13.1. The lowest BCUT2D eigenvalue weighted by Crippen LogP contribution is -2.24. The van der Waals surface area contributed by atoms with Crippen LogP contribution in [0.2, 0.25) is 0 Å². The smallest absolute Gasteiger partial charge is 0.262 e. The Morgan fingerprint density at radius 1 is 1.17 bits per heavy atom. The Balaban J connectivity index is 1.71. The van der Waals surface area contributed by atoms with Crippen molar-refractivity contribution in [1.82, 2.24) is 19.5 Å². The fourth-order valence-corrected chi connectivity index (χ4v) is 5.29. The molecule has 8 heteroatoms. The molecule has 4 rings (SSSR count). The lowest BCUT2D eigenvalue weighted by molar-refractivity contribution is 0.481. The average Bonchev–Trinajstić information content (AvgIpc) is 2.99. The average molecular weight is 441 g/mol. The van der Waals surface area contributed by atoms with Crippen LogP contribution >= 0.6 is 23.1 Å². The molecular formula is C22H24N4O2S2. The summed E-state index contributed by atoms with van der Waals surface area (Å²) in [5, 5.41) is 1.95. The highest BCUT2D eigenvalue weighted by Gasteiger charge is 2.15. The Kier molecular flexibility index (Phi) is 5.79. The zero-order valence-corrected chi connectivity index (χ0v) is 19.1. The van der Waals surface area contributed by atoms with E-state index in [1.54, 1.807) is 4.57 Å². The van der Waals surface area contributed by atoms with Crippen molar-refractivity contribution < 1.29 is 0 Å². The van der Waals surface area contributed by atoms with E-state index in [0.29, 0.717) is 45.5 Å². The first-order valence-corrected chi connectivity index (χ1v) is 11.8. The summed E-state index contributed by atoms with van der Waals surface area (Å²) in [6, 6.07) is 7.42. The van der Waals surface area contributed by atoms with Crippen LogP contribution in [0.5, 0.6) is 0 Å². The van der Waals surface area contributed by atoms with Crippen molar-refractivity contribution in [2.24, 2.45) is 5.92 Å². The largest absolute Gasteiger partial charge is 0.309 e. The molecule has 6 nitrogen and oxygen atoms in total. The highest BCUT2D eigenvalue weighted by molar-refractivity contribution is 7.98. The first-order valence-electron chi connectivity index (χ1n) is 9.96. The number of benzene rings is 1. The molecule has 0 spiro atoms. The van der Waals surface area contributed by atoms with Gasteiger partial charge in [-0.15, -0.1) is 11.3 Å². The van der Waals surface area contributed by atoms with E-state index in [9.17, 15) is 9.59 Å². The first kappa shape index (κ1) is 20.8. The monoisotopic (exact) mass is 440 g/mol. The minimum absolute atomic E-state index is 0.0230. The molecule has 1 aromatic carbocycles. The fourth-order valence-electron chi connectivity index (χ4n) is 3.34. The molecule has 0 fully saturated rings. The molecule has 3 aromatic heterocycles. The molecule has 0 aliphatic carbocycles. The van der Waals surface area contributed by atoms with Crippen LogP contribution in [-0.2, 0) is 12.3 Å². The van der Waals surface area contributed by atoms with Gasteiger partial charge in [0.2, 0.25) is 0 Å². The van der Waals surface area contributed by atoms with Gasteiger partial charge in [-0.3, -0.25) is 14.2 Å². The van der Waals surface area contributed by atoms with Crippen LogP contribution in [0, 0.1) is 19.8 Å². The van der Waals surface area contributed by atoms with Gasteiger partial charge in [-0.1, -0.05) is 37.7 Å². The van der Waals surface area contributed by atoms with Crippen LogP contribution < -0.4 is 11.1 Å². The van der Waals surface area contributed by atoms with Crippen molar-refractivity contribution in [2.45, 2.75) is 51.6 Å². The molecule has 0 aliphatic heterocycles. The minimum Gasteiger partial charge on any atom is -0.309 e. The molecule has 0 aliphatic rings. The summed E-state index contributed by atoms with van der Waals surface area (Å²) < 4.78 is 1.75. The number of para-hydroxylation sites is 1. The number of thiophene rings is 1. The van der Waals surface area contributed by atoms with E-state index in [-0.39, 0.29) is 11.1 Å². The highest BCUT2D eigenvalue weighted by atomic mass is 32.2. The second-order valence-electron chi connectivity index (χ2n) is 7.82. The zero-order valence-electron chi connectivity index (χ0n) is 17.5. The van der Waals surface area contributed by atoms with E-state index in [4.69, 9.17) is 4.98 Å². The number of thioether (sulfide) groups is 1. The SMILES string of the molecule is Cc1sc2nc(CSc3nc4ccccc4c(=O)n3CCC(C)C)[nH]c(=O)c2c1C. The number of aromatic nitrogens is 4. The van der Waals surface area contributed by atoms with E-state index in [1.807, 2.05) is 38.1 Å². The van der Waals surface area contributed by atoms with Gasteiger partial charge in [0.25, 0.3) is 11.1 Å². The maximum absolute atomic E-state index is 13.1. The molecule has 0 amide bonds. The second kappa shape index (κ2) is 8.35. The first-order chi connectivity index (χ1) is 14.3. The molecule has 156 valence electrons. The van der Waals surface area contributed by atoms with Crippen LogP contribution in [0.15, 0.2) is 39.0 Å². The number of aromatic amines is 1. The molecule has 0 unspecified atom stereocenters. The molecule has 3 heterocycles. The standard InChI is InChI=1S/C22H24N4O2S2/c1-12(2)9-10-26-21(28)15-7-5-6-8-16(15)23-22(26)29-11-17-24-19(27)18-13(3)14(4)30-20(18)25-17/h5-8,12H,9-11H2,1-4H3,(H,24,25,27). The summed E-state index contributed by atoms with van der Waals surface area (Å²) in [6.07, 6.45) is 0.891. The zero-order chi connectivity index (χ0) is 21.4. The van der Waals surface area contributed by atoms with Gasteiger partial charge in [-0.05, 0) is 43.9 Å². The molecule has 0 atom stereocenters. The number of hydrogen-bond donors (Lipinski definition) is 1. The second-order valence-corrected chi connectivity index (χ2v) is 9.96. The number of nitrogens with one attached hydrogen (secondary N) is 1. The summed E-state index contributed by atoms with van der Waals surface area (Å²) in [5.41, 5.74) is 1.54. The summed E-state index contributed by atoms with van der Waals surface area (Å²) in [7, 11) is 0. The van der Waals surface area contributed by atoms with E-state index < -0.39 is 0 Å². The van der Waals surface area contributed by atoms with Gasteiger partial charge < -0.3 is 4.98 Å². The Morgan fingerprint density at radius 3 is 2.70 bits per heavy atom. The maximum Gasteiger partial charge on any atom is 0.262 e. The Hall–Kier alpha value is -2.45. The third-order valence-corrected chi connectivity index (χ3v) is 7.27. The van der Waals surface area contributed by atoms with E-state index >= 15 is 0 Å². The van der Waals surface area contributed by atoms with Gasteiger partial charge in [0, 0.05) is 11.4 Å². The fraction of sp³-hybridized carbons (Fsp3) is 0.364. The van der Waals surface area contributed by atoms with E-state index in [0.717, 1.165) is 21.7 Å². The van der Waals surface area contributed by atoms with Gasteiger partial charge in [-0.25, -0.2) is 9.97 Å². The third kappa shape index (κ3) is 3.94. The number of hydrogen-bond acceptors (Lipinski definition) is 6. The molecule has 1 N–H and O–H groups in total. The lowest BCUT2D eigenvalue weighted by atomic mass is 10.1. The Morgan fingerprint density at radius 2 is 1.93 bits per heavy atom. The van der Waals surface area contributed by atoms with Gasteiger partial charge in [0.15, 0.2) is 5.16 Å². The molecule has 0 radical (unpaired) electrons. The summed E-state index contributed by atoms with van der Waals surface area (Å²) in [6.45, 7) is 8.85. The topological polar surface area (TPSA) is 80.6 Å². The van der Waals surface area contributed by atoms with E-state index in [1.165, 1.54) is 23.1 Å². The quantitative estimate of drug-likeness (QED) is 0.349. The molecule has 4 aromatic rings. The summed E-state index contributed by atoms with van der Waals surface area (Å²) in [4.78, 5) is 39.8. The normalized spacial score (nSPS) is 11.8. The van der Waals surface area contributed by atoms with E-state index in [2.05, 4.69) is 23.8 Å². The number of rotatable bonds is 6. The van der Waals surface area contributed by atoms with Crippen molar-refractivity contribution in [1.29, 1.82) is 0 Å². The van der Waals surface area contributed by atoms with Crippen molar-refractivity contribution >= 4 is 44.2 Å². The molecule has 0 saturated heterocycles. The van der Waals surface area contributed by atoms with Crippen LogP contribution in [0.3, 0.4) is 0 Å². The highest BCUT2D eigenvalue weighted by Crippen LogP contribution is 2.27. The van der Waals surface area contributed by atoms with Gasteiger partial charge in [0.1, 0.15) is 10.7 Å². The molecule has 0 saturated carbocycles. The van der Waals surface area contributed by atoms with Crippen LogP contribution in [0.25, 0.3) is 21.1 Å².